The van der Waals surface area contributed by atoms with E-state index in [1.165, 1.54) is 16.9 Å². The van der Waals surface area contributed by atoms with Crippen LogP contribution in [0.2, 0.25) is 0 Å². The molecule has 0 aliphatic carbocycles. The minimum Gasteiger partial charge on any atom is -0.497 e. The Balaban J connectivity index is 1.30. The van der Waals surface area contributed by atoms with E-state index in [1.807, 2.05) is 18.2 Å². The number of carbonyl (C=O) groups excluding carboxylic acids is 1. The van der Waals surface area contributed by atoms with Gasteiger partial charge in [0.1, 0.15) is 10.6 Å². The number of likely N-dealkylation sites (tertiary alicyclic amines) is 1. The maximum Gasteiger partial charge on any atom is 0.261 e. The highest BCUT2D eigenvalue weighted by Crippen LogP contribution is 2.34. The number of benzene rings is 1. The monoisotopic (exact) mass is 458 g/mol. The summed E-state index contributed by atoms with van der Waals surface area (Å²) in [5.74, 6) is 0.931. The molecule has 2 aromatic heterocycles. The predicted octanol–water partition coefficient (Wildman–Crippen LogP) is 4.61. The number of piperidine rings is 1. The molecule has 1 amide bonds. The summed E-state index contributed by atoms with van der Waals surface area (Å²) in [5.41, 5.74) is 1.26. The SMILES string of the molecule is CCN(CC)c1nc2sc(C(=O)NC3CCN(Cc4cccc(OC)c4)CC3)cc2s1. The van der Waals surface area contributed by atoms with Crippen molar-refractivity contribution >= 4 is 43.2 Å². The lowest BCUT2D eigenvalue weighted by atomic mass is 10.0. The molecule has 0 bridgehead atoms. The molecule has 4 rings (SSSR count). The average Bonchev–Trinajstić information content (AvgIpc) is 3.36. The van der Waals surface area contributed by atoms with Gasteiger partial charge in [0.2, 0.25) is 0 Å². The fourth-order valence-electron chi connectivity index (χ4n) is 3.99. The van der Waals surface area contributed by atoms with Crippen molar-refractivity contribution in [1.82, 2.24) is 15.2 Å². The van der Waals surface area contributed by atoms with Crippen LogP contribution in [0.15, 0.2) is 30.3 Å². The Bertz CT molecular complexity index is 988. The molecule has 0 spiro atoms. The number of anilines is 1. The van der Waals surface area contributed by atoms with Gasteiger partial charge >= 0.3 is 0 Å². The summed E-state index contributed by atoms with van der Waals surface area (Å²) in [7, 11) is 1.70. The predicted molar refractivity (Wildman–Crippen MR) is 130 cm³/mol. The second-order valence-corrected chi connectivity index (χ2v) is 9.86. The topological polar surface area (TPSA) is 57.7 Å². The average molecular weight is 459 g/mol. The molecule has 1 aromatic carbocycles. The van der Waals surface area contributed by atoms with Crippen molar-refractivity contribution in [3.63, 3.8) is 0 Å². The molecule has 0 radical (unpaired) electrons. The number of aromatic nitrogens is 1. The molecule has 1 aliphatic rings. The summed E-state index contributed by atoms with van der Waals surface area (Å²) in [6.07, 6.45) is 1.94. The summed E-state index contributed by atoms with van der Waals surface area (Å²) in [6.45, 7) is 9.05. The van der Waals surface area contributed by atoms with Gasteiger partial charge in [-0.05, 0) is 50.5 Å². The van der Waals surface area contributed by atoms with E-state index in [4.69, 9.17) is 9.72 Å². The molecule has 1 fully saturated rings. The van der Waals surface area contributed by atoms with Gasteiger partial charge in [-0.25, -0.2) is 4.98 Å². The Hall–Kier alpha value is -2.16. The van der Waals surface area contributed by atoms with Gasteiger partial charge in [0.15, 0.2) is 5.13 Å². The van der Waals surface area contributed by atoms with Crippen molar-refractivity contribution in [1.29, 1.82) is 0 Å². The van der Waals surface area contributed by atoms with Crippen molar-refractivity contribution < 1.29 is 9.53 Å². The van der Waals surface area contributed by atoms with Crippen LogP contribution in [-0.2, 0) is 6.54 Å². The summed E-state index contributed by atoms with van der Waals surface area (Å²) in [5, 5.41) is 4.28. The first-order valence-corrected chi connectivity index (χ1v) is 12.5. The number of rotatable bonds is 8. The lowest BCUT2D eigenvalue weighted by Gasteiger charge is -2.32. The molecule has 8 heteroatoms. The molecule has 1 saturated heterocycles. The summed E-state index contributed by atoms with van der Waals surface area (Å²) < 4.78 is 6.42. The third-order valence-electron chi connectivity index (χ3n) is 5.80. The molecule has 0 saturated carbocycles. The van der Waals surface area contributed by atoms with E-state index in [9.17, 15) is 4.79 Å². The molecule has 0 unspecified atom stereocenters. The number of nitrogens with zero attached hydrogens (tertiary/aromatic N) is 3. The Kier molecular flexibility index (Phi) is 7.09. The summed E-state index contributed by atoms with van der Waals surface area (Å²) in [4.78, 5) is 23.9. The molecule has 166 valence electrons. The first-order valence-electron chi connectivity index (χ1n) is 10.9. The summed E-state index contributed by atoms with van der Waals surface area (Å²) >= 11 is 3.17. The normalized spacial score (nSPS) is 15.3. The van der Waals surface area contributed by atoms with Crippen LogP contribution < -0.4 is 15.0 Å². The Morgan fingerprint density at radius 1 is 1.23 bits per heavy atom. The van der Waals surface area contributed by atoms with Crippen molar-refractivity contribution in [2.75, 3.05) is 38.2 Å². The number of hydrogen-bond donors (Lipinski definition) is 1. The van der Waals surface area contributed by atoms with Crippen LogP contribution in [0.4, 0.5) is 5.13 Å². The van der Waals surface area contributed by atoms with E-state index in [0.29, 0.717) is 0 Å². The molecular weight excluding hydrogens is 428 g/mol. The van der Waals surface area contributed by atoms with Crippen LogP contribution in [0, 0.1) is 0 Å². The van der Waals surface area contributed by atoms with Gasteiger partial charge in [-0.1, -0.05) is 23.5 Å². The van der Waals surface area contributed by atoms with E-state index in [0.717, 1.165) is 70.9 Å². The van der Waals surface area contributed by atoms with E-state index < -0.39 is 0 Å². The van der Waals surface area contributed by atoms with Gasteiger partial charge in [0.05, 0.1) is 16.7 Å². The van der Waals surface area contributed by atoms with Gasteiger partial charge in [-0.2, -0.15) is 0 Å². The highest BCUT2D eigenvalue weighted by atomic mass is 32.1. The van der Waals surface area contributed by atoms with E-state index in [1.54, 1.807) is 18.4 Å². The van der Waals surface area contributed by atoms with E-state index in [2.05, 4.69) is 41.1 Å². The molecule has 1 N–H and O–H groups in total. The van der Waals surface area contributed by atoms with E-state index >= 15 is 0 Å². The molecule has 1 aliphatic heterocycles. The van der Waals surface area contributed by atoms with Crippen molar-refractivity contribution in [2.45, 2.75) is 39.3 Å². The zero-order chi connectivity index (χ0) is 21.8. The van der Waals surface area contributed by atoms with Crippen molar-refractivity contribution in [3.05, 3.63) is 40.8 Å². The van der Waals surface area contributed by atoms with Gasteiger partial charge in [-0.3, -0.25) is 9.69 Å². The second kappa shape index (κ2) is 9.97. The lowest BCUT2D eigenvalue weighted by Crippen LogP contribution is -2.44. The zero-order valence-corrected chi connectivity index (χ0v) is 20.0. The maximum absolute atomic E-state index is 12.8. The number of carbonyl (C=O) groups is 1. The van der Waals surface area contributed by atoms with Gasteiger partial charge in [-0.15, -0.1) is 11.3 Å². The summed E-state index contributed by atoms with van der Waals surface area (Å²) in [6, 6.07) is 10.5. The van der Waals surface area contributed by atoms with Gasteiger partial charge in [0, 0.05) is 38.8 Å². The van der Waals surface area contributed by atoms with Crippen molar-refractivity contribution in [2.24, 2.45) is 0 Å². The number of amides is 1. The Morgan fingerprint density at radius 2 is 2.00 bits per heavy atom. The second-order valence-electron chi connectivity index (χ2n) is 7.82. The molecule has 3 heterocycles. The number of hydrogen-bond acceptors (Lipinski definition) is 7. The van der Waals surface area contributed by atoms with Crippen LogP contribution in [-0.4, -0.2) is 55.1 Å². The number of nitrogens with one attached hydrogen (secondary N) is 1. The molecule has 3 aromatic rings. The number of thiazole rings is 1. The van der Waals surface area contributed by atoms with Gasteiger partial charge < -0.3 is 15.0 Å². The highest BCUT2D eigenvalue weighted by molar-refractivity contribution is 7.29. The van der Waals surface area contributed by atoms with Crippen molar-refractivity contribution in [3.8, 4) is 5.75 Å². The van der Waals surface area contributed by atoms with Crippen LogP contribution in [0.1, 0.15) is 41.9 Å². The largest absolute Gasteiger partial charge is 0.497 e. The molecular formula is C23H30N4O2S2. The third kappa shape index (κ3) is 5.19. The third-order valence-corrected chi connectivity index (χ3v) is 8.02. The first-order chi connectivity index (χ1) is 15.1. The first kappa shape index (κ1) is 22.0. The minimum absolute atomic E-state index is 0.0332. The van der Waals surface area contributed by atoms with Crippen LogP contribution in [0.5, 0.6) is 5.75 Å². The van der Waals surface area contributed by atoms with Crippen LogP contribution >= 0.6 is 22.7 Å². The number of fused-ring (bicyclic) bond motifs is 1. The Morgan fingerprint density at radius 3 is 2.68 bits per heavy atom. The molecule has 6 nitrogen and oxygen atoms in total. The molecule has 0 atom stereocenters. The fourth-order valence-corrected chi connectivity index (χ4v) is 6.23. The smallest absolute Gasteiger partial charge is 0.261 e. The maximum atomic E-state index is 12.8. The number of ether oxygens (including phenoxy) is 1. The highest BCUT2D eigenvalue weighted by Gasteiger charge is 2.23. The van der Waals surface area contributed by atoms with Gasteiger partial charge in [0.25, 0.3) is 5.91 Å². The lowest BCUT2D eigenvalue weighted by molar-refractivity contribution is 0.0913. The Labute approximate surface area is 191 Å². The minimum atomic E-state index is 0.0332. The zero-order valence-electron chi connectivity index (χ0n) is 18.4. The van der Waals surface area contributed by atoms with Crippen LogP contribution in [0.25, 0.3) is 9.53 Å². The van der Waals surface area contributed by atoms with E-state index in [-0.39, 0.29) is 11.9 Å². The quantitative estimate of drug-likeness (QED) is 0.534. The number of methoxy groups -OCH3 is 1. The number of thiophene rings is 1. The fraction of sp³-hybridized carbons (Fsp3) is 0.478. The van der Waals surface area contributed by atoms with Crippen LogP contribution in [0.3, 0.4) is 0 Å². The molecule has 31 heavy (non-hydrogen) atoms. The standard InChI is InChI=1S/C23H30N4O2S2/c1-4-27(5-2)23-25-22-20(31-23)14-19(30-22)21(28)24-17-9-11-26(12-10-17)15-16-7-6-8-18(13-16)29-3/h6-8,13-14,17H,4-5,9-12,15H2,1-3H3,(H,24,28).